The van der Waals surface area contributed by atoms with E-state index in [2.05, 4.69) is 181 Å². The zero-order chi connectivity index (χ0) is 43.6. The lowest BCUT2D eigenvalue weighted by molar-refractivity contribution is 1.69. The van der Waals surface area contributed by atoms with Crippen LogP contribution in [0.1, 0.15) is 0 Å². The third-order valence-electron chi connectivity index (χ3n) is 11.0. The minimum atomic E-state index is 1.26. The molecule has 12 heteroatoms. The SMILES string of the molecule is c1csc(-c2ccc(-c3ccc(-c4ccc(-c5ccc(-c6ccc(-c7ccc(-c8ccc(-c9ccc(-c%10ccc(-c%11ccc(-c%12ccc(-c%13cccs%13)s%12)s%11)s%10)s9)s8)cc7)s6)s5)s4)s3)s2)c1. The van der Waals surface area contributed by atoms with Gasteiger partial charge in [0.15, 0.2) is 0 Å². The topological polar surface area (TPSA) is 0 Å². The zero-order valence-corrected chi connectivity index (χ0v) is 44.0. The van der Waals surface area contributed by atoms with Crippen molar-refractivity contribution >= 4 is 136 Å². The first-order valence-electron chi connectivity index (χ1n) is 20.8. The molecular weight excluding hydrogens is 1030 g/mol. The number of rotatable bonds is 12. The van der Waals surface area contributed by atoms with E-state index in [-0.39, 0.29) is 0 Å². The lowest BCUT2D eigenvalue weighted by Crippen LogP contribution is -1.74. The van der Waals surface area contributed by atoms with Crippen LogP contribution in [0.25, 0.3) is 118 Å². The molecule has 0 N–H and O–H groups in total. The second-order valence-electron chi connectivity index (χ2n) is 15.2. The molecular formula is C54H30S12. The van der Waals surface area contributed by atoms with Crippen LogP contribution in [0.4, 0.5) is 0 Å². The van der Waals surface area contributed by atoms with Gasteiger partial charge in [0.05, 0.1) is 0 Å². The zero-order valence-electron chi connectivity index (χ0n) is 34.2. The molecule has 0 atom stereocenters. The van der Waals surface area contributed by atoms with E-state index in [0.29, 0.717) is 0 Å². The number of thiophene rings is 12. The molecule has 0 aliphatic carbocycles. The Morgan fingerprint density at radius 3 is 0.500 bits per heavy atom. The fourth-order valence-electron chi connectivity index (χ4n) is 7.71. The van der Waals surface area contributed by atoms with Gasteiger partial charge in [0, 0.05) is 107 Å². The Bertz CT molecular complexity index is 3470. The molecule has 66 heavy (non-hydrogen) atoms. The lowest BCUT2D eigenvalue weighted by atomic mass is 10.1. The molecule has 0 nitrogen and oxygen atoms in total. The Kier molecular flexibility index (Phi) is 11.4. The molecule has 13 aromatic rings. The van der Waals surface area contributed by atoms with Crippen LogP contribution in [-0.4, -0.2) is 0 Å². The van der Waals surface area contributed by atoms with Crippen LogP contribution in [0.3, 0.4) is 0 Å². The summed E-state index contributed by atoms with van der Waals surface area (Å²) in [7, 11) is 0. The molecule has 0 spiro atoms. The van der Waals surface area contributed by atoms with E-state index in [1.807, 2.05) is 113 Å². The van der Waals surface area contributed by atoms with Crippen LogP contribution in [0.2, 0.25) is 0 Å². The highest BCUT2D eigenvalue weighted by Gasteiger charge is 2.17. The molecule has 13 rings (SSSR count). The summed E-state index contributed by atoms with van der Waals surface area (Å²) in [5, 5.41) is 4.30. The average Bonchev–Trinajstić information content (AvgIpc) is 4.19. The van der Waals surface area contributed by atoms with Gasteiger partial charge in [0.25, 0.3) is 0 Å². The summed E-state index contributed by atoms with van der Waals surface area (Å²) in [6, 6.07) is 63.4. The number of hydrogen-bond donors (Lipinski definition) is 0. The fraction of sp³-hybridized carbons (Fsp3) is 0. The van der Waals surface area contributed by atoms with E-state index >= 15 is 0 Å². The Hall–Kier alpha value is -4.38. The van der Waals surface area contributed by atoms with Gasteiger partial charge in [-0.05, 0) is 155 Å². The third-order valence-corrected chi connectivity index (χ3v) is 25.6. The van der Waals surface area contributed by atoms with Gasteiger partial charge in [0.2, 0.25) is 0 Å². The molecule has 12 aromatic heterocycles. The molecule has 318 valence electrons. The van der Waals surface area contributed by atoms with Crippen LogP contribution in [0.15, 0.2) is 181 Å². The summed E-state index contributed by atoms with van der Waals surface area (Å²) in [4.78, 5) is 29.2. The van der Waals surface area contributed by atoms with Gasteiger partial charge in [-0.25, -0.2) is 0 Å². The summed E-state index contributed by atoms with van der Waals surface area (Å²) >= 11 is 22.5. The molecule has 0 bridgehead atoms. The monoisotopic (exact) mass is 1060 g/mol. The van der Waals surface area contributed by atoms with E-state index in [0.717, 1.165) is 0 Å². The maximum absolute atomic E-state index is 2.29. The molecule has 0 aliphatic heterocycles. The second kappa shape index (κ2) is 17.9. The predicted octanol–water partition coefficient (Wildman–Crippen LogP) is 22.4. The van der Waals surface area contributed by atoms with Crippen LogP contribution >= 0.6 is 136 Å². The summed E-state index contributed by atoms with van der Waals surface area (Å²) in [6.07, 6.45) is 0. The van der Waals surface area contributed by atoms with Gasteiger partial charge in [-0.1, -0.05) is 36.4 Å². The highest BCUT2D eigenvalue weighted by molar-refractivity contribution is 7.32. The van der Waals surface area contributed by atoms with E-state index in [4.69, 9.17) is 0 Å². The highest BCUT2D eigenvalue weighted by atomic mass is 32.1. The quantitative estimate of drug-likeness (QED) is 0.114. The van der Waals surface area contributed by atoms with E-state index in [9.17, 15) is 0 Å². The first kappa shape index (κ1) is 41.8. The van der Waals surface area contributed by atoms with Crippen molar-refractivity contribution in [2.45, 2.75) is 0 Å². The molecule has 0 unspecified atom stereocenters. The fourth-order valence-corrected chi connectivity index (χ4v) is 20.2. The van der Waals surface area contributed by atoms with E-state index in [1.54, 1.807) is 22.7 Å². The Balaban J connectivity index is 0.653. The average molecular weight is 1060 g/mol. The molecule has 0 saturated heterocycles. The van der Waals surface area contributed by atoms with E-state index < -0.39 is 0 Å². The van der Waals surface area contributed by atoms with Crippen molar-refractivity contribution in [1.29, 1.82) is 0 Å². The number of benzene rings is 1. The summed E-state index contributed by atoms with van der Waals surface area (Å²) in [5.74, 6) is 0. The standard InChI is InChI=1S/C54H30S12/c1-3-35(55-29-1)37-13-15-43(59-37)45-21-23-51(63-45)53-27-25-49(65-53)47-19-17-41(61-47)39-11-9-33(57-39)31-5-7-32(8-6-31)34-10-12-40(58-34)42-18-20-48(62-42)50-26-28-54(66-50)52-24-22-46(64-52)44-16-14-38(60-44)36-4-2-30-56-36/h1-30H. The smallest absolute Gasteiger partial charge is 0.0449 e. The van der Waals surface area contributed by atoms with Crippen molar-refractivity contribution in [1.82, 2.24) is 0 Å². The molecule has 0 saturated carbocycles. The summed E-state index contributed by atoms with van der Waals surface area (Å²) in [6.45, 7) is 0. The van der Waals surface area contributed by atoms with Gasteiger partial charge >= 0.3 is 0 Å². The Labute approximate surface area is 430 Å². The van der Waals surface area contributed by atoms with Gasteiger partial charge in [-0.2, -0.15) is 0 Å². The summed E-state index contributed by atoms with van der Waals surface area (Å²) < 4.78 is 0. The van der Waals surface area contributed by atoms with Crippen LogP contribution in [-0.2, 0) is 0 Å². The normalized spacial score (nSPS) is 11.6. The largest absolute Gasteiger partial charge is 0.143 e. The maximum Gasteiger partial charge on any atom is 0.0449 e. The van der Waals surface area contributed by atoms with Crippen molar-refractivity contribution in [2.75, 3.05) is 0 Å². The van der Waals surface area contributed by atoms with Crippen molar-refractivity contribution in [3.63, 3.8) is 0 Å². The molecule has 0 fully saturated rings. The van der Waals surface area contributed by atoms with Crippen molar-refractivity contribution in [3.05, 3.63) is 181 Å². The predicted molar refractivity (Wildman–Crippen MR) is 306 cm³/mol. The Morgan fingerprint density at radius 2 is 0.318 bits per heavy atom. The van der Waals surface area contributed by atoms with Gasteiger partial charge in [-0.15, -0.1) is 136 Å². The maximum atomic E-state index is 2.29. The lowest BCUT2D eigenvalue weighted by Gasteiger charge is -2.01. The second-order valence-corrected chi connectivity index (χ2v) is 27.9. The summed E-state index contributed by atoms with van der Waals surface area (Å²) in [5.41, 5.74) is 2.53. The first-order chi connectivity index (χ1) is 32.6. The Morgan fingerprint density at radius 1 is 0.152 bits per heavy atom. The van der Waals surface area contributed by atoms with Gasteiger partial charge in [-0.3, -0.25) is 0 Å². The molecule has 0 amide bonds. The highest BCUT2D eigenvalue weighted by Crippen LogP contribution is 2.49. The van der Waals surface area contributed by atoms with Gasteiger partial charge in [0.1, 0.15) is 0 Å². The van der Waals surface area contributed by atoms with Crippen LogP contribution in [0.5, 0.6) is 0 Å². The first-order valence-corrected chi connectivity index (χ1v) is 30.7. The van der Waals surface area contributed by atoms with Crippen molar-refractivity contribution in [2.24, 2.45) is 0 Å². The minimum Gasteiger partial charge on any atom is -0.143 e. The van der Waals surface area contributed by atoms with Crippen LogP contribution in [0, 0.1) is 0 Å². The van der Waals surface area contributed by atoms with E-state index in [1.165, 1.54) is 118 Å². The minimum absolute atomic E-state index is 1.26. The molecule has 1 aromatic carbocycles. The van der Waals surface area contributed by atoms with Crippen molar-refractivity contribution in [3.8, 4) is 118 Å². The van der Waals surface area contributed by atoms with Crippen molar-refractivity contribution < 1.29 is 0 Å². The molecule has 12 heterocycles. The number of hydrogen-bond acceptors (Lipinski definition) is 12. The molecule has 0 radical (unpaired) electrons. The van der Waals surface area contributed by atoms with Gasteiger partial charge < -0.3 is 0 Å². The molecule has 0 aliphatic rings. The third kappa shape index (κ3) is 8.25. The van der Waals surface area contributed by atoms with Crippen LogP contribution < -0.4 is 0 Å².